The third-order valence-electron chi connectivity index (χ3n) is 4.78. The van der Waals surface area contributed by atoms with E-state index in [1.165, 1.54) is 0 Å². The second kappa shape index (κ2) is 8.08. The van der Waals surface area contributed by atoms with Crippen molar-refractivity contribution >= 4 is 38.6 Å². The van der Waals surface area contributed by atoms with Crippen LogP contribution < -0.4 is 0 Å². The zero-order valence-electron chi connectivity index (χ0n) is 16.5. The minimum atomic E-state index is -3.95. The molecule has 1 amide bonds. The number of hydrogen-bond acceptors (Lipinski definition) is 4. The van der Waals surface area contributed by atoms with Gasteiger partial charge in [-0.15, -0.1) is 0 Å². The molecule has 0 aliphatic carbocycles. The SMILES string of the molecule is CCCN(C(=O)O)S(=O)(=O)CCc1c(C)nn(C)c1-n1ccc2cc(Cl)ccc21. The number of rotatable bonds is 7. The van der Waals surface area contributed by atoms with E-state index in [2.05, 4.69) is 5.10 Å². The second-order valence-electron chi connectivity index (χ2n) is 6.82. The van der Waals surface area contributed by atoms with Crippen molar-refractivity contribution < 1.29 is 18.3 Å². The molecular weight excluding hydrogens is 416 g/mol. The number of sulfonamides is 1. The van der Waals surface area contributed by atoms with E-state index in [9.17, 15) is 18.3 Å². The number of fused-ring (bicyclic) bond motifs is 1. The van der Waals surface area contributed by atoms with Gasteiger partial charge in [-0.1, -0.05) is 18.5 Å². The topological polar surface area (TPSA) is 97.4 Å². The predicted octanol–water partition coefficient (Wildman–Crippen LogP) is 3.59. The second-order valence-corrected chi connectivity index (χ2v) is 9.27. The third kappa shape index (κ3) is 4.11. The summed E-state index contributed by atoms with van der Waals surface area (Å²) in [5.41, 5.74) is 2.37. The average Bonchev–Trinajstić information content (AvgIpc) is 3.16. The van der Waals surface area contributed by atoms with Crippen LogP contribution in [0.2, 0.25) is 5.02 Å². The molecule has 0 fully saturated rings. The molecule has 0 bridgehead atoms. The summed E-state index contributed by atoms with van der Waals surface area (Å²) < 4.78 is 29.4. The fourth-order valence-electron chi connectivity index (χ4n) is 3.48. The van der Waals surface area contributed by atoms with Gasteiger partial charge in [-0.3, -0.25) is 4.68 Å². The van der Waals surface area contributed by atoms with E-state index in [0.717, 1.165) is 22.3 Å². The Morgan fingerprint density at radius 2 is 2.03 bits per heavy atom. The van der Waals surface area contributed by atoms with Crippen molar-refractivity contribution in [1.29, 1.82) is 0 Å². The summed E-state index contributed by atoms with van der Waals surface area (Å²) in [5.74, 6) is 0.427. The lowest BCUT2D eigenvalue weighted by Crippen LogP contribution is -2.38. The molecule has 0 aliphatic rings. The summed E-state index contributed by atoms with van der Waals surface area (Å²) in [4.78, 5) is 11.4. The molecule has 0 saturated carbocycles. The zero-order chi connectivity index (χ0) is 21.3. The van der Waals surface area contributed by atoms with Gasteiger partial charge in [0.05, 0.1) is 17.0 Å². The van der Waals surface area contributed by atoms with Crippen molar-refractivity contribution in [2.75, 3.05) is 12.3 Å². The van der Waals surface area contributed by atoms with Crippen molar-refractivity contribution in [3.05, 3.63) is 46.7 Å². The van der Waals surface area contributed by atoms with Crippen molar-refractivity contribution in [1.82, 2.24) is 18.7 Å². The van der Waals surface area contributed by atoms with E-state index in [1.54, 1.807) is 24.7 Å². The molecule has 1 aromatic carbocycles. The van der Waals surface area contributed by atoms with Crippen molar-refractivity contribution in [2.24, 2.45) is 7.05 Å². The highest BCUT2D eigenvalue weighted by molar-refractivity contribution is 7.89. The number of carboxylic acid groups (broad SMARTS) is 1. The Hall–Kier alpha value is -2.52. The van der Waals surface area contributed by atoms with Crippen LogP contribution in [0.3, 0.4) is 0 Å². The quantitative estimate of drug-likeness (QED) is 0.607. The first-order valence-electron chi connectivity index (χ1n) is 9.18. The molecule has 10 heteroatoms. The molecule has 0 saturated heterocycles. The molecule has 3 rings (SSSR count). The molecule has 0 atom stereocenters. The summed E-state index contributed by atoms with van der Waals surface area (Å²) >= 11 is 6.08. The first-order valence-corrected chi connectivity index (χ1v) is 11.2. The highest BCUT2D eigenvalue weighted by Gasteiger charge is 2.27. The normalized spacial score (nSPS) is 11.9. The Bertz CT molecular complexity index is 1170. The Labute approximate surface area is 174 Å². The van der Waals surface area contributed by atoms with Gasteiger partial charge in [-0.25, -0.2) is 17.5 Å². The molecule has 2 aromatic heterocycles. The lowest BCUT2D eigenvalue weighted by Gasteiger charge is -2.18. The number of aromatic nitrogens is 3. The standard InChI is InChI=1S/C19H23ClN4O4S/c1-4-9-24(19(25)26)29(27,28)11-8-16-13(2)21-22(3)18(16)23-10-7-14-12-15(20)5-6-17(14)23/h5-7,10,12H,4,8-9,11H2,1-3H3,(H,25,26). The number of nitrogens with zero attached hydrogens (tertiary/aromatic N) is 4. The van der Waals surface area contributed by atoms with Crippen LogP contribution in [-0.2, 0) is 23.5 Å². The van der Waals surface area contributed by atoms with Crippen LogP contribution >= 0.6 is 11.6 Å². The number of amides is 1. The minimum Gasteiger partial charge on any atom is -0.464 e. The smallest absolute Gasteiger partial charge is 0.421 e. The van der Waals surface area contributed by atoms with Gasteiger partial charge < -0.3 is 9.67 Å². The molecule has 3 aromatic rings. The average molecular weight is 439 g/mol. The molecule has 29 heavy (non-hydrogen) atoms. The van der Waals surface area contributed by atoms with E-state index in [1.807, 2.05) is 35.9 Å². The Kier molecular flexibility index (Phi) is 5.90. The summed E-state index contributed by atoms with van der Waals surface area (Å²) in [6, 6.07) is 7.48. The molecule has 2 heterocycles. The summed E-state index contributed by atoms with van der Waals surface area (Å²) in [6.07, 6.45) is 0.998. The van der Waals surface area contributed by atoms with Crippen LogP contribution in [0.5, 0.6) is 0 Å². The summed E-state index contributed by atoms with van der Waals surface area (Å²) in [7, 11) is -2.16. The molecule has 0 radical (unpaired) electrons. The monoisotopic (exact) mass is 438 g/mol. The third-order valence-corrected chi connectivity index (χ3v) is 6.74. The Morgan fingerprint density at radius 3 is 2.69 bits per heavy atom. The van der Waals surface area contributed by atoms with Gasteiger partial charge in [0.15, 0.2) is 0 Å². The maximum absolute atomic E-state index is 12.6. The number of benzene rings is 1. The summed E-state index contributed by atoms with van der Waals surface area (Å²) in [5, 5.41) is 15.3. The van der Waals surface area contributed by atoms with E-state index in [4.69, 9.17) is 11.6 Å². The predicted molar refractivity (Wildman–Crippen MR) is 112 cm³/mol. The van der Waals surface area contributed by atoms with E-state index in [0.29, 0.717) is 21.4 Å². The van der Waals surface area contributed by atoms with Gasteiger partial charge in [-0.05, 0) is 44.0 Å². The largest absolute Gasteiger partial charge is 0.464 e. The van der Waals surface area contributed by atoms with Gasteiger partial charge in [0.1, 0.15) is 5.82 Å². The number of aryl methyl sites for hydroxylation is 2. The highest BCUT2D eigenvalue weighted by atomic mass is 35.5. The molecule has 0 aliphatic heterocycles. The van der Waals surface area contributed by atoms with Crippen LogP contribution in [0.15, 0.2) is 30.5 Å². The number of hydrogen-bond donors (Lipinski definition) is 1. The Morgan fingerprint density at radius 1 is 1.31 bits per heavy atom. The van der Waals surface area contributed by atoms with Crippen LogP contribution in [0.4, 0.5) is 4.79 Å². The van der Waals surface area contributed by atoms with Gasteiger partial charge in [0, 0.05) is 35.8 Å². The van der Waals surface area contributed by atoms with Crippen molar-refractivity contribution in [2.45, 2.75) is 26.7 Å². The van der Waals surface area contributed by atoms with E-state index in [-0.39, 0.29) is 18.7 Å². The first-order chi connectivity index (χ1) is 13.7. The molecular formula is C19H23ClN4O4S. The number of halogens is 1. The van der Waals surface area contributed by atoms with Gasteiger partial charge in [0.2, 0.25) is 10.0 Å². The first kappa shape index (κ1) is 21.2. The molecule has 0 unspecified atom stereocenters. The molecule has 1 N–H and O–H groups in total. The van der Waals surface area contributed by atoms with E-state index < -0.39 is 16.1 Å². The van der Waals surface area contributed by atoms with Crippen LogP contribution in [0.1, 0.15) is 24.6 Å². The maximum Gasteiger partial charge on any atom is 0.421 e. The minimum absolute atomic E-state index is 0.0560. The molecule has 156 valence electrons. The van der Waals surface area contributed by atoms with Crippen LogP contribution in [-0.4, -0.2) is 50.6 Å². The van der Waals surface area contributed by atoms with Crippen LogP contribution in [0, 0.1) is 6.92 Å². The fraction of sp³-hybridized carbons (Fsp3) is 0.368. The van der Waals surface area contributed by atoms with Gasteiger partial charge >= 0.3 is 6.09 Å². The molecule has 8 nitrogen and oxygen atoms in total. The lowest BCUT2D eigenvalue weighted by atomic mass is 10.2. The van der Waals surface area contributed by atoms with Crippen molar-refractivity contribution in [3.63, 3.8) is 0 Å². The van der Waals surface area contributed by atoms with Gasteiger partial charge in [0.25, 0.3) is 0 Å². The van der Waals surface area contributed by atoms with E-state index >= 15 is 0 Å². The molecule has 0 spiro atoms. The summed E-state index contributed by atoms with van der Waals surface area (Å²) in [6.45, 7) is 3.49. The maximum atomic E-state index is 12.6. The zero-order valence-corrected chi connectivity index (χ0v) is 18.0. The highest BCUT2D eigenvalue weighted by Crippen LogP contribution is 2.27. The fourth-order valence-corrected chi connectivity index (χ4v) is 5.04. The lowest BCUT2D eigenvalue weighted by molar-refractivity contribution is 0.172. The Balaban J connectivity index is 1.99. The van der Waals surface area contributed by atoms with Crippen LogP contribution in [0.25, 0.3) is 16.7 Å². The van der Waals surface area contributed by atoms with Crippen molar-refractivity contribution in [3.8, 4) is 5.82 Å². The van der Waals surface area contributed by atoms with Gasteiger partial charge in [-0.2, -0.15) is 5.10 Å². The number of carbonyl (C=O) groups is 1.